The Balaban J connectivity index is 1.97. The second kappa shape index (κ2) is 6.26. The average molecular weight is 307 g/mol. The van der Waals surface area contributed by atoms with E-state index in [0.29, 0.717) is 13.2 Å². The van der Waals surface area contributed by atoms with Gasteiger partial charge in [0.25, 0.3) is 0 Å². The molecule has 5 nitrogen and oxygen atoms in total. The average Bonchev–Trinajstić information content (AvgIpc) is 2.44. The van der Waals surface area contributed by atoms with Crippen LogP contribution in [0.5, 0.6) is 5.75 Å². The summed E-state index contributed by atoms with van der Waals surface area (Å²) < 4.78 is 16.8. The second-order valence-electron chi connectivity index (χ2n) is 6.68. The van der Waals surface area contributed by atoms with Gasteiger partial charge in [-0.3, -0.25) is 4.79 Å². The van der Waals surface area contributed by atoms with E-state index in [-0.39, 0.29) is 12.0 Å². The summed E-state index contributed by atoms with van der Waals surface area (Å²) in [6, 6.07) is 7.34. The van der Waals surface area contributed by atoms with Crippen LogP contribution in [0.3, 0.4) is 0 Å². The van der Waals surface area contributed by atoms with Crippen molar-refractivity contribution in [2.45, 2.75) is 46.5 Å². The monoisotopic (exact) mass is 307 g/mol. The van der Waals surface area contributed by atoms with E-state index in [1.54, 1.807) is 0 Å². The SMILES string of the molecule is CC(C)Oc1ccc(NC(=O)C2(C)COC(C)(C)OC2)cc1. The lowest BCUT2D eigenvalue weighted by atomic mass is 9.90. The molecule has 1 heterocycles. The van der Waals surface area contributed by atoms with Gasteiger partial charge in [0.2, 0.25) is 5.91 Å². The number of anilines is 1. The van der Waals surface area contributed by atoms with Gasteiger partial charge in [0.1, 0.15) is 5.75 Å². The van der Waals surface area contributed by atoms with Gasteiger partial charge >= 0.3 is 0 Å². The van der Waals surface area contributed by atoms with Gasteiger partial charge in [-0.1, -0.05) is 0 Å². The molecule has 1 aromatic carbocycles. The van der Waals surface area contributed by atoms with Crippen molar-refractivity contribution in [3.63, 3.8) is 0 Å². The van der Waals surface area contributed by atoms with Gasteiger partial charge in [-0.25, -0.2) is 0 Å². The summed E-state index contributed by atoms with van der Waals surface area (Å²) in [5.41, 5.74) is 0.0370. The molecule has 1 aliphatic rings. The van der Waals surface area contributed by atoms with E-state index >= 15 is 0 Å². The summed E-state index contributed by atoms with van der Waals surface area (Å²) >= 11 is 0. The first-order valence-corrected chi connectivity index (χ1v) is 7.56. The van der Waals surface area contributed by atoms with Gasteiger partial charge in [0.05, 0.1) is 24.7 Å². The van der Waals surface area contributed by atoms with E-state index < -0.39 is 11.2 Å². The third-order valence-electron chi connectivity index (χ3n) is 3.51. The molecule has 1 amide bonds. The minimum Gasteiger partial charge on any atom is -0.491 e. The normalized spacial score (nSPS) is 19.7. The highest BCUT2D eigenvalue weighted by Gasteiger charge is 2.42. The smallest absolute Gasteiger partial charge is 0.234 e. The molecule has 0 unspecified atom stereocenters. The van der Waals surface area contributed by atoms with E-state index in [0.717, 1.165) is 11.4 Å². The molecule has 0 spiro atoms. The van der Waals surface area contributed by atoms with E-state index in [1.807, 2.05) is 58.9 Å². The molecule has 1 aromatic rings. The van der Waals surface area contributed by atoms with Crippen LogP contribution in [0.1, 0.15) is 34.6 Å². The van der Waals surface area contributed by atoms with Gasteiger partial charge in [0, 0.05) is 5.69 Å². The molecule has 0 aromatic heterocycles. The molecule has 1 aliphatic heterocycles. The zero-order valence-corrected chi connectivity index (χ0v) is 13.9. The van der Waals surface area contributed by atoms with Crippen molar-refractivity contribution < 1.29 is 19.0 Å². The molecule has 0 bridgehead atoms. The number of benzene rings is 1. The summed E-state index contributed by atoms with van der Waals surface area (Å²) in [5, 5.41) is 2.91. The Kier molecular flexibility index (Phi) is 4.78. The molecule has 0 atom stereocenters. The fourth-order valence-electron chi connectivity index (χ4n) is 2.05. The van der Waals surface area contributed by atoms with Crippen LogP contribution < -0.4 is 10.1 Å². The largest absolute Gasteiger partial charge is 0.491 e. The van der Waals surface area contributed by atoms with Gasteiger partial charge < -0.3 is 19.5 Å². The predicted molar refractivity (Wildman–Crippen MR) is 84.9 cm³/mol. The Morgan fingerprint density at radius 3 is 2.18 bits per heavy atom. The van der Waals surface area contributed by atoms with Crippen LogP contribution in [0.25, 0.3) is 0 Å². The molecule has 0 saturated carbocycles. The van der Waals surface area contributed by atoms with Crippen LogP contribution in [0.15, 0.2) is 24.3 Å². The third-order valence-corrected chi connectivity index (χ3v) is 3.51. The number of hydrogen-bond acceptors (Lipinski definition) is 4. The van der Waals surface area contributed by atoms with Crippen LogP contribution in [-0.2, 0) is 14.3 Å². The lowest BCUT2D eigenvalue weighted by Gasteiger charge is -2.40. The first-order chi connectivity index (χ1) is 10.2. The molecule has 1 fully saturated rings. The maximum Gasteiger partial charge on any atom is 0.234 e. The van der Waals surface area contributed by atoms with Crippen molar-refractivity contribution >= 4 is 11.6 Å². The first kappa shape index (κ1) is 16.8. The van der Waals surface area contributed by atoms with Gasteiger partial charge in [-0.15, -0.1) is 0 Å². The molecule has 122 valence electrons. The third kappa shape index (κ3) is 4.21. The highest BCUT2D eigenvalue weighted by Crippen LogP contribution is 2.30. The minimum atomic E-state index is -0.692. The quantitative estimate of drug-likeness (QED) is 0.928. The highest BCUT2D eigenvalue weighted by molar-refractivity contribution is 5.95. The summed E-state index contributed by atoms with van der Waals surface area (Å²) in [5.74, 6) is 0.0427. The Morgan fingerprint density at radius 2 is 1.68 bits per heavy atom. The van der Waals surface area contributed by atoms with Crippen LogP contribution in [0, 0.1) is 5.41 Å². The Labute approximate surface area is 131 Å². The van der Waals surface area contributed by atoms with Crippen molar-refractivity contribution in [1.82, 2.24) is 0 Å². The predicted octanol–water partition coefficient (Wildman–Crippen LogP) is 3.20. The second-order valence-corrected chi connectivity index (χ2v) is 6.68. The number of ether oxygens (including phenoxy) is 3. The summed E-state index contributed by atoms with van der Waals surface area (Å²) in [6.07, 6.45) is 0.124. The lowest BCUT2D eigenvalue weighted by Crippen LogP contribution is -2.50. The van der Waals surface area contributed by atoms with Crippen molar-refractivity contribution in [1.29, 1.82) is 0 Å². The van der Waals surface area contributed by atoms with Crippen molar-refractivity contribution in [3.05, 3.63) is 24.3 Å². The summed E-state index contributed by atoms with van der Waals surface area (Å²) in [6.45, 7) is 10.1. The van der Waals surface area contributed by atoms with Crippen LogP contribution in [-0.4, -0.2) is 31.0 Å². The lowest BCUT2D eigenvalue weighted by molar-refractivity contribution is -0.276. The number of carbonyl (C=O) groups excluding carboxylic acids is 1. The van der Waals surface area contributed by atoms with E-state index in [9.17, 15) is 4.79 Å². The van der Waals surface area contributed by atoms with Crippen LogP contribution >= 0.6 is 0 Å². The maximum absolute atomic E-state index is 12.5. The molecule has 0 radical (unpaired) electrons. The zero-order valence-electron chi connectivity index (χ0n) is 13.9. The molecule has 0 aliphatic carbocycles. The van der Waals surface area contributed by atoms with E-state index in [1.165, 1.54) is 0 Å². The number of amides is 1. The van der Waals surface area contributed by atoms with Gasteiger partial charge in [-0.05, 0) is 58.9 Å². The number of hydrogen-bond donors (Lipinski definition) is 1. The van der Waals surface area contributed by atoms with Gasteiger partial charge in [-0.2, -0.15) is 0 Å². The highest BCUT2D eigenvalue weighted by atomic mass is 16.7. The van der Waals surface area contributed by atoms with E-state index in [4.69, 9.17) is 14.2 Å². The topological polar surface area (TPSA) is 56.8 Å². The van der Waals surface area contributed by atoms with E-state index in [2.05, 4.69) is 5.32 Å². The Bertz CT molecular complexity index is 512. The molecular formula is C17H25NO4. The minimum absolute atomic E-state index is 0.111. The molecule has 5 heteroatoms. The number of nitrogens with one attached hydrogen (secondary N) is 1. The molecular weight excluding hydrogens is 282 g/mol. The van der Waals surface area contributed by atoms with Crippen molar-refractivity contribution in [3.8, 4) is 5.75 Å². The zero-order chi connectivity index (χ0) is 16.4. The van der Waals surface area contributed by atoms with Gasteiger partial charge in [0.15, 0.2) is 5.79 Å². The summed E-state index contributed by atoms with van der Waals surface area (Å²) in [4.78, 5) is 12.5. The Morgan fingerprint density at radius 1 is 1.14 bits per heavy atom. The first-order valence-electron chi connectivity index (χ1n) is 7.56. The molecule has 2 rings (SSSR count). The standard InChI is InChI=1S/C17H25NO4/c1-12(2)22-14-8-6-13(7-9-14)18-15(19)17(5)10-20-16(3,4)21-11-17/h6-9,12H,10-11H2,1-5H3,(H,18,19). The Hall–Kier alpha value is -1.59. The van der Waals surface area contributed by atoms with Crippen LogP contribution in [0.4, 0.5) is 5.69 Å². The number of rotatable bonds is 4. The number of carbonyl (C=O) groups is 1. The fourth-order valence-corrected chi connectivity index (χ4v) is 2.05. The van der Waals surface area contributed by atoms with Crippen molar-refractivity contribution in [2.24, 2.45) is 5.41 Å². The molecule has 1 N–H and O–H groups in total. The summed E-state index contributed by atoms with van der Waals surface area (Å²) in [7, 11) is 0. The fraction of sp³-hybridized carbons (Fsp3) is 0.588. The molecule has 22 heavy (non-hydrogen) atoms. The van der Waals surface area contributed by atoms with Crippen molar-refractivity contribution in [2.75, 3.05) is 18.5 Å². The molecule has 1 saturated heterocycles. The van der Waals surface area contributed by atoms with Crippen LogP contribution in [0.2, 0.25) is 0 Å². The maximum atomic E-state index is 12.5.